The van der Waals surface area contributed by atoms with Crippen molar-refractivity contribution in [3.05, 3.63) is 0 Å². The van der Waals surface area contributed by atoms with Crippen LogP contribution in [0.25, 0.3) is 0 Å². The van der Waals surface area contributed by atoms with E-state index in [2.05, 4.69) is 14.6 Å². The zero-order valence-corrected chi connectivity index (χ0v) is 14.0. The number of likely N-dealkylation sites (N-methyl/N-ethyl adjacent to an activating group) is 1. The highest BCUT2D eigenvalue weighted by molar-refractivity contribution is 7.91. The van der Waals surface area contributed by atoms with Gasteiger partial charge in [-0.05, 0) is 25.0 Å². The number of sulfone groups is 1. The van der Waals surface area contributed by atoms with E-state index in [4.69, 9.17) is 10.5 Å². The maximum Gasteiger partial charge on any atom is 0.185 e. The minimum atomic E-state index is -3.38. The van der Waals surface area contributed by atoms with E-state index in [1.165, 1.54) is 0 Å². The van der Waals surface area contributed by atoms with Gasteiger partial charge in [-0.1, -0.05) is 6.92 Å². The molecule has 0 aliphatic carbocycles. The van der Waals surface area contributed by atoms with Gasteiger partial charge in [0.15, 0.2) is 15.7 Å². The fourth-order valence-corrected chi connectivity index (χ4v) is 4.90. The summed E-state index contributed by atoms with van der Waals surface area (Å²) < 4.78 is 34.1. The summed E-state index contributed by atoms with van der Waals surface area (Å²) in [7, 11) is -1.34. The van der Waals surface area contributed by atoms with Crippen molar-refractivity contribution in [2.24, 2.45) is 0 Å². The minimum absolute atomic E-state index is 0.0359. The number of anilines is 2. The van der Waals surface area contributed by atoms with E-state index in [0.717, 1.165) is 24.6 Å². The van der Waals surface area contributed by atoms with E-state index in [9.17, 15) is 8.42 Å². The largest absolute Gasteiger partial charge is 0.382 e. The van der Waals surface area contributed by atoms with Crippen molar-refractivity contribution in [2.45, 2.75) is 24.3 Å². The number of nitrogens with two attached hydrogens (primary N) is 1. The average Bonchev–Trinajstić information content (AvgIpc) is 2.78. The number of morpholine rings is 1. The second-order valence-corrected chi connectivity index (χ2v) is 8.00. The van der Waals surface area contributed by atoms with Crippen molar-refractivity contribution in [2.75, 3.05) is 50.1 Å². The molecule has 3 N–H and O–H groups in total. The van der Waals surface area contributed by atoms with Crippen LogP contribution < -0.4 is 11.1 Å². The van der Waals surface area contributed by atoms with Crippen LogP contribution in [0.2, 0.25) is 0 Å². The molecule has 21 heavy (non-hydrogen) atoms. The van der Waals surface area contributed by atoms with Gasteiger partial charge in [-0.3, -0.25) is 0 Å². The lowest BCUT2D eigenvalue weighted by atomic mass is 10.3. The Bertz CT molecular complexity index is 573. The first-order valence-corrected chi connectivity index (χ1v) is 9.38. The molecule has 2 rings (SSSR count). The molecule has 0 aromatic carbocycles. The third-order valence-electron chi connectivity index (χ3n) is 3.29. The molecule has 120 valence electrons. The van der Waals surface area contributed by atoms with E-state index in [0.29, 0.717) is 24.6 Å². The van der Waals surface area contributed by atoms with E-state index >= 15 is 0 Å². The van der Waals surface area contributed by atoms with Crippen LogP contribution in [0, 0.1) is 0 Å². The van der Waals surface area contributed by atoms with Crippen molar-refractivity contribution in [3.63, 3.8) is 0 Å². The summed E-state index contributed by atoms with van der Waals surface area (Å²) in [5.74, 6) is 0.157. The van der Waals surface area contributed by atoms with E-state index in [1.54, 1.807) is 0 Å². The lowest BCUT2D eigenvalue weighted by Gasteiger charge is -2.30. The van der Waals surface area contributed by atoms with Crippen LogP contribution in [-0.4, -0.2) is 62.8 Å². The number of ether oxygens (including phenoxy) is 1. The van der Waals surface area contributed by atoms with Gasteiger partial charge in [0.25, 0.3) is 0 Å². The average molecular weight is 334 g/mol. The molecule has 2 heterocycles. The molecular weight excluding hydrogens is 312 g/mol. The molecule has 0 spiro atoms. The molecule has 1 aromatic heterocycles. The summed E-state index contributed by atoms with van der Waals surface area (Å²) in [5, 5.41) is 3.65. The van der Waals surface area contributed by atoms with Gasteiger partial charge in [0, 0.05) is 19.6 Å². The summed E-state index contributed by atoms with van der Waals surface area (Å²) in [4.78, 5) is 2.32. The number of hydrogen-bond donors (Lipinski definition) is 2. The maximum atomic E-state index is 12.2. The Morgan fingerprint density at radius 2 is 2.33 bits per heavy atom. The topological polar surface area (TPSA) is 97.5 Å². The van der Waals surface area contributed by atoms with Gasteiger partial charge in [0.05, 0.1) is 18.5 Å². The molecule has 1 fully saturated rings. The van der Waals surface area contributed by atoms with E-state index < -0.39 is 9.84 Å². The SMILES string of the molecule is CCCS(=O)(=O)c1c(N)nsc1NCC1CN(C)CCO1. The standard InChI is InChI=1S/C12H22N4O3S2/c1-3-6-21(17,18)10-11(13)15-20-12(10)14-7-9-8-16(2)4-5-19-9/h9,14H,3-8H2,1-2H3,(H2,13,15). The second-order valence-electron chi connectivity index (χ2n) is 5.18. The molecule has 7 nitrogen and oxygen atoms in total. The Balaban J connectivity index is 2.07. The molecule has 9 heteroatoms. The highest BCUT2D eigenvalue weighted by Crippen LogP contribution is 2.32. The second kappa shape index (κ2) is 6.91. The maximum absolute atomic E-state index is 12.2. The summed E-state index contributed by atoms with van der Waals surface area (Å²) >= 11 is 1.08. The van der Waals surface area contributed by atoms with E-state index in [1.807, 2.05) is 14.0 Å². The quantitative estimate of drug-likeness (QED) is 0.788. The molecule has 1 aliphatic rings. The summed E-state index contributed by atoms with van der Waals surface area (Å²) in [6, 6.07) is 0. The minimum Gasteiger partial charge on any atom is -0.382 e. The fraction of sp³-hybridized carbons (Fsp3) is 0.750. The van der Waals surface area contributed by atoms with Gasteiger partial charge in [-0.2, -0.15) is 4.37 Å². The van der Waals surface area contributed by atoms with E-state index in [-0.39, 0.29) is 22.6 Å². The first-order valence-electron chi connectivity index (χ1n) is 6.96. The van der Waals surface area contributed by atoms with Gasteiger partial charge >= 0.3 is 0 Å². The molecule has 1 unspecified atom stereocenters. The van der Waals surface area contributed by atoms with Crippen molar-refractivity contribution in [1.82, 2.24) is 9.27 Å². The molecule has 0 bridgehead atoms. The van der Waals surface area contributed by atoms with Gasteiger partial charge in [0.1, 0.15) is 9.90 Å². The molecule has 1 saturated heterocycles. The Kier molecular flexibility index (Phi) is 5.42. The van der Waals surface area contributed by atoms with Crippen LogP contribution in [0.5, 0.6) is 0 Å². The highest BCUT2D eigenvalue weighted by Gasteiger charge is 2.26. The van der Waals surface area contributed by atoms with Gasteiger partial charge in [-0.25, -0.2) is 8.42 Å². The van der Waals surface area contributed by atoms with Crippen LogP contribution in [0.1, 0.15) is 13.3 Å². The molecule has 1 aliphatic heterocycles. The number of rotatable bonds is 6. The smallest absolute Gasteiger partial charge is 0.185 e. The monoisotopic (exact) mass is 334 g/mol. The van der Waals surface area contributed by atoms with Crippen molar-refractivity contribution < 1.29 is 13.2 Å². The lowest BCUT2D eigenvalue weighted by molar-refractivity contribution is -0.0117. The third-order valence-corrected chi connectivity index (χ3v) is 6.22. The number of aromatic nitrogens is 1. The lowest BCUT2D eigenvalue weighted by Crippen LogP contribution is -2.43. The molecule has 0 amide bonds. The highest BCUT2D eigenvalue weighted by atomic mass is 32.2. The summed E-state index contributed by atoms with van der Waals surface area (Å²) in [6.45, 7) is 4.79. The van der Waals surface area contributed by atoms with Crippen LogP contribution in [-0.2, 0) is 14.6 Å². The third kappa shape index (κ3) is 4.06. The number of nitrogen functional groups attached to an aromatic ring is 1. The Morgan fingerprint density at radius 1 is 1.57 bits per heavy atom. The zero-order chi connectivity index (χ0) is 15.5. The first kappa shape index (κ1) is 16.5. The van der Waals surface area contributed by atoms with Crippen molar-refractivity contribution in [3.8, 4) is 0 Å². The fourth-order valence-electron chi connectivity index (χ4n) is 2.27. The van der Waals surface area contributed by atoms with Crippen LogP contribution >= 0.6 is 11.5 Å². The predicted octanol–water partition coefficient (Wildman–Crippen LogP) is 0.652. The zero-order valence-electron chi connectivity index (χ0n) is 12.3. The summed E-state index contributed by atoms with van der Waals surface area (Å²) in [5.41, 5.74) is 5.73. The number of nitrogens with zero attached hydrogens (tertiary/aromatic N) is 2. The molecule has 1 aromatic rings. The summed E-state index contributed by atoms with van der Waals surface area (Å²) in [6.07, 6.45) is 0.585. The van der Waals surface area contributed by atoms with Crippen molar-refractivity contribution >= 4 is 32.2 Å². The molecule has 0 radical (unpaired) electrons. The van der Waals surface area contributed by atoms with Gasteiger partial charge < -0.3 is 20.7 Å². The number of hydrogen-bond acceptors (Lipinski definition) is 8. The Morgan fingerprint density at radius 3 is 3.00 bits per heavy atom. The molecule has 0 saturated carbocycles. The Labute approximate surface area is 129 Å². The van der Waals surface area contributed by atoms with Crippen LogP contribution in [0.15, 0.2) is 4.90 Å². The molecule has 1 atom stereocenters. The van der Waals surface area contributed by atoms with Gasteiger partial charge in [0.2, 0.25) is 0 Å². The number of nitrogens with one attached hydrogen (secondary N) is 1. The van der Waals surface area contributed by atoms with Crippen molar-refractivity contribution in [1.29, 1.82) is 0 Å². The predicted molar refractivity (Wildman–Crippen MR) is 84.6 cm³/mol. The normalized spacial score (nSPS) is 20.6. The molecular formula is C12H22N4O3S2. The Hall–Kier alpha value is -0.900. The first-order chi connectivity index (χ1) is 9.94. The van der Waals surface area contributed by atoms with Crippen LogP contribution in [0.3, 0.4) is 0 Å². The van der Waals surface area contributed by atoms with Gasteiger partial charge in [-0.15, -0.1) is 0 Å². The van der Waals surface area contributed by atoms with Crippen LogP contribution in [0.4, 0.5) is 10.8 Å².